The van der Waals surface area contributed by atoms with E-state index >= 15 is 0 Å². The highest BCUT2D eigenvalue weighted by Gasteiger charge is 2.46. The summed E-state index contributed by atoms with van der Waals surface area (Å²) in [5.74, 6) is -0.465. The number of amides is 4. The van der Waals surface area contributed by atoms with Gasteiger partial charge < -0.3 is 20.4 Å². The van der Waals surface area contributed by atoms with Crippen LogP contribution in [0.25, 0.3) is 0 Å². The second-order valence-corrected chi connectivity index (χ2v) is 17.8. The molecule has 4 amide bonds. The first-order valence-corrected chi connectivity index (χ1v) is 20.5. The number of nitrogens with one attached hydrogen (secondary N) is 2. The minimum atomic E-state index is -3.00. The summed E-state index contributed by atoms with van der Waals surface area (Å²) in [7, 11) is -0.938. The number of carbonyl (C=O) groups is 3. The molecule has 258 valence electrons. The molecule has 2 saturated carbocycles. The van der Waals surface area contributed by atoms with E-state index in [0.29, 0.717) is 43.8 Å². The van der Waals surface area contributed by atoms with Gasteiger partial charge in [-0.2, -0.15) is 0 Å². The number of rotatable bonds is 13. The van der Waals surface area contributed by atoms with Crippen molar-refractivity contribution in [3.05, 3.63) is 22.4 Å². The Morgan fingerprint density at radius 2 is 1.74 bits per heavy atom. The molecule has 4 aliphatic rings. The van der Waals surface area contributed by atoms with E-state index in [9.17, 15) is 22.8 Å². The zero-order valence-electron chi connectivity index (χ0n) is 27.9. The van der Waals surface area contributed by atoms with Gasteiger partial charge in [0.1, 0.15) is 9.84 Å². The molecule has 5 rings (SSSR count). The lowest BCUT2D eigenvalue weighted by molar-refractivity contribution is -0.142. The van der Waals surface area contributed by atoms with E-state index in [0.717, 1.165) is 56.5 Å². The van der Waals surface area contributed by atoms with Crippen LogP contribution in [0.4, 0.5) is 4.79 Å². The summed E-state index contributed by atoms with van der Waals surface area (Å²) >= 11 is 1.59. The van der Waals surface area contributed by atoms with Gasteiger partial charge in [-0.15, -0.1) is 11.3 Å². The maximum atomic E-state index is 14.3. The largest absolute Gasteiger partial charge is 0.351 e. The van der Waals surface area contributed by atoms with E-state index in [1.807, 2.05) is 27.3 Å². The molecule has 10 nitrogen and oxygen atoms in total. The summed E-state index contributed by atoms with van der Waals surface area (Å²) in [6, 6.07) is 3.55. The zero-order chi connectivity index (χ0) is 32.7. The van der Waals surface area contributed by atoms with Crippen LogP contribution in [-0.2, 0) is 26.0 Å². The first kappa shape index (κ1) is 35.1. The van der Waals surface area contributed by atoms with E-state index in [-0.39, 0.29) is 42.2 Å². The maximum absolute atomic E-state index is 14.3. The van der Waals surface area contributed by atoms with Crippen LogP contribution in [0, 0.1) is 11.3 Å². The van der Waals surface area contributed by atoms with Crippen LogP contribution in [0.2, 0.25) is 0 Å². The average Bonchev–Trinajstić information content (AvgIpc) is 3.58. The zero-order valence-corrected chi connectivity index (χ0v) is 29.5. The topological polar surface area (TPSA) is 119 Å². The molecule has 3 heterocycles. The Hall–Kier alpha value is -2.18. The van der Waals surface area contributed by atoms with E-state index in [1.54, 1.807) is 11.3 Å². The number of thiophene rings is 1. The van der Waals surface area contributed by atoms with Crippen LogP contribution in [0.5, 0.6) is 0 Å². The SMILES string of the molecule is CN(C1CCCCC1)[C@H](CCCCCS(C)(=O)=O)C(=O)N1CC[C@@H](NC(=O)N2CCC3(CC2)CC3)[C@@H](C(=O)NCc2cccs2)C1. The van der Waals surface area contributed by atoms with Crippen molar-refractivity contribution in [3.63, 3.8) is 0 Å². The number of piperidine rings is 2. The van der Waals surface area contributed by atoms with Crippen molar-refractivity contribution in [2.45, 2.75) is 115 Å². The number of urea groups is 1. The quantitative estimate of drug-likeness (QED) is 0.299. The van der Waals surface area contributed by atoms with Crippen molar-refractivity contribution in [1.82, 2.24) is 25.3 Å². The molecule has 2 aliphatic heterocycles. The van der Waals surface area contributed by atoms with Gasteiger partial charge in [-0.05, 0) is 81.7 Å². The van der Waals surface area contributed by atoms with Gasteiger partial charge in [-0.3, -0.25) is 14.5 Å². The minimum absolute atomic E-state index is 0.0442. The predicted octanol–water partition coefficient (Wildman–Crippen LogP) is 4.41. The van der Waals surface area contributed by atoms with Gasteiger partial charge in [0, 0.05) is 55.1 Å². The molecule has 1 aromatic rings. The van der Waals surface area contributed by atoms with Crippen molar-refractivity contribution in [3.8, 4) is 0 Å². The third-order valence-corrected chi connectivity index (χ3v) is 13.0. The highest BCUT2D eigenvalue weighted by molar-refractivity contribution is 7.90. The minimum Gasteiger partial charge on any atom is -0.351 e. The van der Waals surface area contributed by atoms with Gasteiger partial charge in [0.25, 0.3) is 0 Å². The first-order valence-electron chi connectivity index (χ1n) is 17.6. The fourth-order valence-electron chi connectivity index (χ4n) is 7.75. The fraction of sp³-hybridized carbons (Fsp3) is 0.794. The number of sulfone groups is 1. The number of likely N-dealkylation sites (N-methyl/N-ethyl adjacent to an activating group) is 1. The molecule has 12 heteroatoms. The average molecular weight is 678 g/mol. The van der Waals surface area contributed by atoms with Crippen molar-refractivity contribution in [1.29, 1.82) is 0 Å². The normalized spacial score (nSPS) is 24.2. The van der Waals surface area contributed by atoms with Crippen molar-refractivity contribution >= 4 is 39.0 Å². The van der Waals surface area contributed by atoms with Gasteiger partial charge in [0.2, 0.25) is 11.8 Å². The molecule has 1 spiro atoms. The van der Waals surface area contributed by atoms with E-state index in [1.165, 1.54) is 38.4 Å². The summed E-state index contributed by atoms with van der Waals surface area (Å²) in [5, 5.41) is 8.29. The van der Waals surface area contributed by atoms with E-state index in [2.05, 4.69) is 22.6 Å². The molecular formula is C34H55N5O5S2. The Morgan fingerprint density at radius 3 is 2.39 bits per heavy atom. The van der Waals surface area contributed by atoms with Crippen LogP contribution >= 0.6 is 11.3 Å². The predicted molar refractivity (Wildman–Crippen MR) is 182 cm³/mol. The Kier molecular flexibility index (Phi) is 12.1. The lowest BCUT2D eigenvalue weighted by Crippen LogP contribution is -2.61. The fourth-order valence-corrected chi connectivity index (χ4v) is 9.13. The summed E-state index contributed by atoms with van der Waals surface area (Å²) < 4.78 is 23.3. The smallest absolute Gasteiger partial charge is 0.317 e. The molecular weight excluding hydrogens is 623 g/mol. The Bertz CT molecular complexity index is 1270. The molecule has 4 fully saturated rings. The Labute approximate surface area is 279 Å². The van der Waals surface area contributed by atoms with Crippen LogP contribution in [0.15, 0.2) is 17.5 Å². The third-order valence-electron chi connectivity index (χ3n) is 11.1. The van der Waals surface area contributed by atoms with Crippen LogP contribution < -0.4 is 10.6 Å². The summed E-state index contributed by atoms with van der Waals surface area (Å²) in [6.45, 7) is 2.71. The van der Waals surface area contributed by atoms with Crippen molar-refractivity contribution in [2.75, 3.05) is 45.2 Å². The number of hydrogen-bond acceptors (Lipinski definition) is 7. The molecule has 46 heavy (non-hydrogen) atoms. The maximum Gasteiger partial charge on any atom is 0.317 e. The van der Waals surface area contributed by atoms with Gasteiger partial charge in [0.05, 0.1) is 18.5 Å². The van der Waals surface area contributed by atoms with Gasteiger partial charge >= 0.3 is 6.03 Å². The number of hydrogen-bond donors (Lipinski definition) is 2. The van der Waals surface area contributed by atoms with Gasteiger partial charge in [-0.25, -0.2) is 13.2 Å². The standard InChI is InChI=1S/C34H55N5O5S2/c1-37(26-10-5-3-6-11-26)30(13-7-4-8-23-46(2,43)44)32(41)39-19-14-29(28(25-39)31(40)35-24-27-12-9-22-45-27)36-33(42)38-20-17-34(15-16-34)18-21-38/h9,12,22,26,28-30H,3-8,10-11,13-21,23-25H2,1-2H3,(H,35,40)(H,36,42)/t28-,29+,30+/m0/s1. The molecule has 0 bridgehead atoms. The van der Waals surface area contributed by atoms with Crippen LogP contribution in [0.3, 0.4) is 0 Å². The van der Waals surface area contributed by atoms with Crippen LogP contribution in [-0.4, -0.2) is 104 Å². The summed E-state index contributed by atoms with van der Waals surface area (Å²) in [4.78, 5) is 48.5. The lowest BCUT2D eigenvalue weighted by Gasteiger charge is -2.43. The molecule has 2 N–H and O–H groups in total. The Morgan fingerprint density at radius 1 is 1.00 bits per heavy atom. The molecule has 0 aromatic carbocycles. The highest BCUT2D eigenvalue weighted by atomic mass is 32.2. The molecule has 0 unspecified atom stereocenters. The lowest BCUT2D eigenvalue weighted by atomic mass is 9.89. The molecule has 2 aliphatic carbocycles. The van der Waals surface area contributed by atoms with E-state index < -0.39 is 15.8 Å². The molecule has 0 radical (unpaired) electrons. The van der Waals surface area contributed by atoms with Crippen molar-refractivity contribution < 1.29 is 22.8 Å². The second kappa shape index (κ2) is 15.8. The molecule has 3 atom stereocenters. The number of carbonyl (C=O) groups excluding carboxylic acids is 3. The van der Waals surface area contributed by atoms with Gasteiger partial charge in [0.15, 0.2) is 0 Å². The number of unbranched alkanes of at least 4 members (excludes halogenated alkanes) is 2. The molecule has 1 aromatic heterocycles. The second-order valence-electron chi connectivity index (χ2n) is 14.5. The van der Waals surface area contributed by atoms with E-state index in [4.69, 9.17) is 0 Å². The van der Waals surface area contributed by atoms with Crippen LogP contribution in [0.1, 0.15) is 94.8 Å². The first-order chi connectivity index (χ1) is 22.0. The number of nitrogens with zero attached hydrogens (tertiary/aromatic N) is 3. The van der Waals surface area contributed by atoms with Crippen molar-refractivity contribution in [2.24, 2.45) is 11.3 Å². The Balaban J connectivity index is 1.25. The third kappa shape index (κ3) is 9.69. The van der Waals surface area contributed by atoms with Gasteiger partial charge in [-0.1, -0.05) is 38.2 Å². The molecule has 2 saturated heterocycles. The summed E-state index contributed by atoms with van der Waals surface area (Å²) in [5.41, 5.74) is 0.474. The monoisotopic (exact) mass is 677 g/mol. The summed E-state index contributed by atoms with van der Waals surface area (Å²) in [6.07, 6.45) is 15.0. The highest BCUT2D eigenvalue weighted by Crippen LogP contribution is 2.53. The number of likely N-dealkylation sites (tertiary alicyclic amines) is 2.